The molecule has 3 aromatic rings. The van der Waals surface area contributed by atoms with Gasteiger partial charge in [0.2, 0.25) is 10.0 Å². The maximum atomic E-state index is 12.5. The summed E-state index contributed by atoms with van der Waals surface area (Å²) in [5, 5.41) is 3.65. The molecule has 5 nitrogen and oxygen atoms in total. The van der Waals surface area contributed by atoms with E-state index in [9.17, 15) is 8.42 Å². The number of hydrogen-bond acceptors (Lipinski definition) is 5. The van der Waals surface area contributed by atoms with E-state index in [2.05, 4.69) is 9.88 Å². The Hall–Kier alpha value is -1.96. The van der Waals surface area contributed by atoms with E-state index in [1.54, 1.807) is 19.1 Å². The predicted molar refractivity (Wildman–Crippen MR) is 89.9 cm³/mol. The molecule has 0 spiro atoms. The van der Waals surface area contributed by atoms with Crippen molar-refractivity contribution in [1.29, 1.82) is 0 Å². The molecule has 2 heterocycles. The lowest BCUT2D eigenvalue weighted by molar-refractivity contribution is 0.433. The van der Waals surface area contributed by atoms with E-state index in [0.717, 1.165) is 15.3 Å². The topological polar surface area (TPSA) is 72.2 Å². The number of sulfonamides is 1. The van der Waals surface area contributed by atoms with E-state index >= 15 is 0 Å². The fourth-order valence-electron chi connectivity index (χ4n) is 2.25. The highest BCUT2D eigenvalue weighted by molar-refractivity contribution is 7.89. The minimum Gasteiger partial charge on any atom is -0.355 e. The molecule has 0 aliphatic heterocycles. The molecular weight excluding hydrogens is 332 g/mol. The quantitative estimate of drug-likeness (QED) is 0.742. The summed E-state index contributed by atoms with van der Waals surface area (Å²) >= 11 is 1.38. The van der Waals surface area contributed by atoms with Crippen LogP contribution in [0.1, 0.15) is 10.4 Å². The van der Waals surface area contributed by atoms with Gasteiger partial charge in [-0.2, -0.15) is 0 Å². The van der Waals surface area contributed by atoms with E-state index < -0.39 is 10.0 Å². The zero-order chi connectivity index (χ0) is 16.3. The van der Waals surface area contributed by atoms with Crippen LogP contribution in [-0.4, -0.2) is 20.1 Å². The van der Waals surface area contributed by atoms with Crippen molar-refractivity contribution < 1.29 is 12.9 Å². The van der Waals surface area contributed by atoms with Crippen LogP contribution in [0.2, 0.25) is 0 Å². The highest BCUT2D eigenvalue weighted by Gasteiger charge is 2.21. The first-order valence-corrected chi connectivity index (χ1v) is 9.41. The third-order valence-corrected chi connectivity index (χ3v) is 6.17. The zero-order valence-electron chi connectivity index (χ0n) is 12.5. The van der Waals surface area contributed by atoms with Crippen molar-refractivity contribution in [1.82, 2.24) is 9.88 Å². The van der Waals surface area contributed by atoms with Crippen LogP contribution in [0, 0.1) is 6.92 Å². The Bertz CT molecular complexity index is 869. The third kappa shape index (κ3) is 3.69. The zero-order valence-corrected chi connectivity index (χ0v) is 14.2. The molecule has 0 bridgehead atoms. The highest BCUT2D eigenvalue weighted by Crippen LogP contribution is 2.33. The molecule has 0 saturated carbocycles. The number of benzene rings is 1. The van der Waals surface area contributed by atoms with Crippen molar-refractivity contribution in [2.75, 3.05) is 6.54 Å². The second kappa shape index (κ2) is 6.66. The van der Waals surface area contributed by atoms with Gasteiger partial charge in [-0.25, -0.2) is 13.1 Å². The Balaban J connectivity index is 1.72. The third-order valence-electron chi connectivity index (χ3n) is 3.39. The van der Waals surface area contributed by atoms with Crippen LogP contribution in [-0.2, 0) is 16.4 Å². The largest absolute Gasteiger partial charge is 0.355 e. The molecular formula is C16H16N2O3S2. The van der Waals surface area contributed by atoms with Crippen LogP contribution in [0.25, 0.3) is 10.6 Å². The maximum Gasteiger partial charge on any atom is 0.241 e. The van der Waals surface area contributed by atoms with Crippen LogP contribution in [0.15, 0.2) is 58.1 Å². The molecule has 0 radical (unpaired) electrons. The summed E-state index contributed by atoms with van der Waals surface area (Å²) in [7, 11) is -3.53. The van der Waals surface area contributed by atoms with Crippen LogP contribution in [0.4, 0.5) is 0 Å². The SMILES string of the molecule is Cc1sc(-c2ccno2)cc1S(=O)(=O)NCCc1ccccc1. The lowest BCUT2D eigenvalue weighted by Crippen LogP contribution is -2.26. The fourth-order valence-corrected chi connectivity index (χ4v) is 4.83. The predicted octanol–water partition coefficient (Wildman–Crippen LogP) is 3.23. The summed E-state index contributed by atoms with van der Waals surface area (Å²) in [5.41, 5.74) is 1.10. The summed E-state index contributed by atoms with van der Waals surface area (Å²) in [6, 6.07) is 13.1. The molecule has 7 heteroatoms. The lowest BCUT2D eigenvalue weighted by Gasteiger charge is -2.06. The fraction of sp³-hybridized carbons (Fsp3) is 0.188. The molecule has 0 unspecified atom stereocenters. The van der Waals surface area contributed by atoms with E-state index in [1.165, 1.54) is 17.5 Å². The van der Waals surface area contributed by atoms with E-state index in [-0.39, 0.29) is 0 Å². The smallest absolute Gasteiger partial charge is 0.241 e. The second-order valence-electron chi connectivity index (χ2n) is 5.04. The van der Waals surface area contributed by atoms with E-state index in [0.29, 0.717) is 23.6 Å². The number of rotatable bonds is 6. The van der Waals surface area contributed by atoms with Crippen LogP contribution in [0.5, 0.6) is 0 Å². The second-order valence-corrected chi connectivity index (χ2v) is 8.03. The van der Waals surface area contributed by atoms with E-state index in [4.69, 9.17) is 4.52 Å². The van der Waals surface area contributed by atoms with Gasteiger partial charge in [-0.1, -0.05) is 35.5 Å². The van der Waals surface area contributed by atoms with Crippen LogP contribution >= 0.6 is 11.3 Å². The van der Waals surface area contributed by atoms with Gasteiger partial charge in [0.1, 0.15) is 0 Å². The minimum absolute atomic E-state index is 0.293. The number of aromatic nitrogens is 1. The van der Waals surface area contributed by atoms with Gasteiger partial charge in [0.25, 0.3) is 0 Å². The van der Waals surface area contributed by atoms with Gasteiger partial charge in [0.15, 0.2) is 5.76 Å². The van der Waals surface area contributed by atoms with Crippen molar-refractivity contribution >= 4 is 21.4 Å². The minimum atomic E-state index is -3.53. The summed E-state index contributed by atoms with van der Waals surface area (Å²) in [6.07, 6.45) is 2.19. The molecule has 1 aromatic carbocycles. The van der Waals surface area contributed by atoms with Crippen molar-refractivity contribution in [2.45, 2.75) is 18.2 Å². The first kappa shape index (κ1) is 15.9. The molecule has 0 aliphatic carbocycles. The van der Waals surface area contributed by atoms with Gasteiger partial charge >= 0.3 is 0 Å². The molecule has 3 rings (SSSR count). The molecule has 0 atom stereocenters. The summed E-state index contributed by atoms with van der Waals surface area (Å²) in [6.45, 7) is 2.15. The first-order valence-electron chi connectivity index (χ1n) is 7.11. The monoisotopic (exact) mass is 348 g/mol. The average molecular weight is 348 g/mol. The van der Waals surface area contributed by atoms with Gasteiger partial charge < -0.3 is 4.52 Å². The highest BCUT2D eigenvalue weighted by atomic mass is 32.2. The first-order chi connectivity index (χ1) is 11.1. The lowest BCUT2D eigenvalue weighted by atomic mass is 10.2. The molecule has 23 heavy (non-hydrogen) atoms. The van der Waals surface area contributed by atoms with Crippen molar-refractivity contribution in [3.8, 4) is 10.6 Å². The van der Waals surface area contributed by atoms with Crippen molar-refractivity contribution in [3.05, 3.63) is 59.1 Å². The van der Waals surface area contributed by atoms with Gasteiger partial charge in [-0.15, -0.1) is 11.3 Å². The number of aryl methyl sites for hydroxylation is 1. The Kier molecular flexibility index (Phi) is 4.61. The van der Waals surface area contributed by atoms with Crippen LogP contribution in [0.3, 0.4) is 0 Å². The van der Waals surface area contributed by atoms with E-state index in [1.807, 2.05) is 30.3 Å². The average Bonchev–Trinajstić information content (AvgIpc) is 3.17. The molecule has 0 aliphatic rings. The number of hydrogen-bond donors (Lipinski definition) is 1. The number of thiophene rings is 1. The molecule has 120 valence electrons. The van der Waals surface area contributed by atoms with Gasteiger partial charge in [-0.3, -0.25) is 0 Å². The molecule has 1 N–H and O–H groups in total. The van der Waals surface area contributed by atoms with Crippen LogP contribution < -0.4 is 4.72 Å². The van der Waals surface area contributed by atoms with Gasteiger partial charge in [0.05, 0.1) is 16.0 Å². The molecule has 0 amide bonds. The number of nitrogens with one attached hydrogen (secondary N) is 1. The van der Waals surface area contributed by atoms with Gasteiger partial charge in [0, 0.05) is 17.5 Å². The Labute approximate surface area is 139 Å². The molecule has 0 fully saturated rings. The molecule has 2 aromatic heterocycles. The summed E-state index contributed by atoms with van der Waals surface area (Å²) in [4.78, 5) is 1.77. The molecule has 0 saturated heterocycles. The van der Waals surface area contributed by atoms with Crippen molar-refractivity contribution in [3.63, 3.8) is 0 Å². The standard InChI is InChI=1S/C16H16N2O3S2/c1-12-16(11-15(22-12)14-8-9-17-21-14)23(19,20)18-10-7-13-5-3-2-4-6-13/h2-6,8-9,11,18H,7,10H2,1H3. The van der Waals surface area contributed by atoms with Gasteiger partial charge in [-0.05, 0) is 25.0 Å². The number of nitrogens with zero attached hydrogens (tertiary/aromatic N) is 1. The summed E-state index contributed by atoms with van der Waals surface area (Å²) < 4.78 is 32.7. The normalized spacial score (nSPS) is 11.7. The van der Waals surface area contributed by atoms with Crippen molar-refractivity contribution in [2.24, 2.45) is 0 Å². The Morgan fingerprint density at radius 2 is 2.00 bits per heavy atom. The Morgan fingerprint density at radius 3 is 2.70 bits per heavy atom. The maximum absolute atomic E-state index is 12.5. The Morgan fingerprint density at radius 1 is 1.22 bits per heavy atom. The summed E-state index contributed by atoms with van der Waals surface area (Å²) in [5.74, 6) is 0.573.